The van der Waals surface area contributed by atoms with Crippen molar-refractivity contribution < 1.29 is 150 Å². The van der Waals surface area contributed by atoms with Crippen LogP contribution in [0.3, 0.4) is 0 Å². The molecule has 0 aliphatic carbocycles. The maximum absolute atomic E-state index is 13.3. The average molecular weight is 1550 g/mol. The number of aliphatic hydroxyl groups excluding tert-OH is 8. The zero-order valence-electron chi connectivity index (χ0n) is 55.7. The van der Waals surface area contributed by atoms with Gasteiger partial charge in [0.05, 0.1) is 159 Å². The molecular formula is C62H95IN6O31. The van der Waals surface area contributed by atoms with Crippen LogP contribution in [0.2, 0.25) is 0 Å². The summed E-state index contributed by atoms with van der Waals surface area (Å²) >= 11 is 1.45. The van der Waals surface area contributed by atoms with Crippen LogP contribution in [0.1, 0.15) is 58.0 Å². The zero-order chi connectivity index (χ0) is 73.0. The molecule has 14 N–H and O–H groups in total. The van der Waals surface area contributed by atoms with Crippen LogP contribution in [0, 0.1) is 0 Å². The minimum absolute atomic E-state index is 0.0143. The summed E-state index contributed by atoms with van der Waals surface area (Å²) in [6.07, 6.45) is -15.9. The molecule has 0 saturated carbocycles. The molecule has 2 aromatic carbocycles. The molecule has 0 spiro atoms. The monoisotopic (exact) mass is 1550 g/mol. The minimum Gasteiger partial charge on any atom is -0.461 e. The molecule has 2 fully saturated rings. The highest BCUT2D eigenvalue weighted by molar-refractivity contribution is 14.1. The fourth-order valence-electron chi connectivity index (χ4n) is 8.95. The van der Waals surface area contributed by atoms with Crippen molar-refractivity contribution in [1.82, 2.24) is 31.9 Å². The first kappa shape index (κ1) is 86.2. The first-order valence-corrected chi connectivity index (χ1v) is 33.2. The van der Waals surface area contributed by atoms with Crippen molar-refractivity contribution in [2.75, 3.05) is 165 Å². The number of ether oxygens (including phenoxy) is 15. The number of hydrogen-bond acceptors (Lipinski definition) is 31. The molecule has 2 aliphatic rings. The molecule has 1 unspecified atom stereocenters. The van der Waals surface area contributed by atoms with Crippen molar-refractivity contribution in [3.05, 3.63) is 58.7 Å². The molecule has 0 radical (unpaired) electrons. The topological polar surface area (TPSA) is 509 Å². The van der Waals surface area contributed by atoms with E-state index in [1.165, 1.54) is 73.0 Å². The Kier molecular flexibility index (Phi) is 43.3. The summed E-state index contributed by atoms with van der Waals surface area (Å²) in [5.41, 5.74) is 0.749. The summed E-state index contributed by atoms with van der Waals surface area (Å²) in [7, 11) is 1.41. The Morgan fingerprint density at radius 1 is 0.460 bits per heavy atom. The van der Waals surface area contributed by atoms with Crippen LogP contribution >= 0.6 is 22.6 Å². The van der Waals surface area contributed by atoms with Gasteiger partial charge in [-0.05, 0) is 35.4 Å². The summed E-state index contributed by atoms with van der Waals surface area (Å²) in [6.45, 7) is 1.71. The molecule has 2 aromatic rings. The van der Waals surface area contributed by atoms with E-state index in [1.54, 1.807) is 0 Å². The number of rotatable bonds is 52. The van der Waals surface area contributed by atoms with Gasteiger partial charge in [-0.15, -0.1) is 0 Å². The predicted molar refractivity (Wildman–Crippen MR) is 349 cm³/mol. The second-order valence-electron chi connectivity index (χ2n) is 21.9. The van der Waals surface area contributed by atoms with Gasteiger partial charge < -0.3 is 144 Å². The number of aliphatic hydroxyl groups is 8. The van der Waals surface area contributed by atoms with E-state index < -0.39 is 102 Å². The first-order chi connectivity index (χ1) is 48.1. The highest BCUT2D eigenvalue weighted by atomic mass is 127. The van der Waals surface area contributed by atoms with E-state index in [2.05, 4.69) is 31.9 Å². The van der Waals surface area contributed by atoms with Crippen molar-refractivity contribution in [1.29, 1.82) is 0 Å². The lowest BCUT2D eigenvalue weighted by Crippen LogP contribution is -2.60. The van der Waals surface area contributed by atoms with Gasteiger partial charge in [0.2, 0.25) is 36.2 Å². The third-order valence-electron chi connectivity index (χ3n) is 14.1. The van der Waals surface area contributed by atoms with Crippen molar-refractivity contribution in [2.45, 2.75) is 107 Å². The third-order valence-corrected chi connectivity index (χ3v) is 14.5. The lowest BCUT2D eigenvalue weighted by Gasteiger charge is -2.39. The Bertz CT molecular complexity index is 2600. The maximum atomic E-state index is 13.3. The summed E-state index contributed by atoms with van der Waals surface area (Å²) in [4.78, 5) is 99.0. The van der Waals surface area contributed by atoms with E-state index in [0.717, 1.165) is 0 Å². The standard InChI is InChI=1S/C62H95IN6O31/c1-38(72)95-33-39-3-5-44(97-60-56(81)54(79)52(77)46(31-70)99-60)42(29-39)58(83)67-13-21-91-27-25-88-18-10-64-48(73)7-16-93-35-41(69-50(75)9-15-87-23-24-90-20-12-66-51(76)37-86-2)36-94-17-8-49(74)65-11-19-89-26-28-92-22-14-68-59(84)43-30-40(34-96-62(63)85)4-6-45(43)98-61-57(82)55(80)53(78)47(32-71)100-61/h3-6,29-30,41,46-47,52-57,60-61,70-71,77-82H,7-28,31-37H2,1-2H3,(H,64,73)(H,65,74)(H,66,76)(H,67,83)(H,68,84)(H,69,75)/t41?,46-,47-,52-,53-,54+,55+,56-,57-,60-,61-/m1/s1. The smallest absolute Gasteiger partial charge is 0.367 e. The zero-order valence-corrected chi connectivity index (χ0v) is 57.8. The summed E-state index contributed by atoms with van der Waals surface area (Å²) in [6, 6.07) is 7.85. The summed E-state index contributed by atoms with van der Waals surface area (Å²) in [5, 5.41) is 97.0. The number of nitrogens with one attached hydrogen (secondary N) is 6. The minimum atomic E-state index is -1.74. The van der Waals surface area contributed by atoms with Gasteiger partial charge >= 0.3 is 9.95 Å². The second kappa shape index (κ2) is 50.2. The number of esters is 1. The molecule has 37 nitrogen and oxygen atoms in total. The Labute approximate surface area is 590 Å². The molecule has 4 rings (SSSR count). The van der Waals surface area contributed by atoms with E-state index in [4.69, 9.17) is 71.1 Å². The Hall–Kier alpha value is -6.23. The van der Waals surface area contributed by atoms with Crippen LogP contribution in [-0.2, 0) is 98.8 Å². The molecule has 0 bridgehead atoms. The van der Waals surface area contributed by atoms with Crippen molar-refractivity contribution in [3.63, 3.8) is 0 Å². The summed E-state index contributed by atoms with van der Waals surface area (Å²) < 4.78 is 81.1. The van der Waals surface area contributed by atoms with Crippen LogP contribution < -0.4 is 41.4 Å². The lowest BCUT2D eigenvalue weighted by molar-refractivity contribution is -0.277. The van der Waals surface area contributed by atoms with Crippen LogP contribution in [0.25, 0.3) is 0 Å². The molecule has 2 saturated heterocycles. The fourth-order valence-corrected chi connectivity index (χ4v) is 9.11. The van der Waals surface area contributed by atoms with Gasteiger partial charge in [0, 0.05) is 66.0 Å². The molecular weight excluding hydrogens is 1450 g/mol. The largest absolute Gasteiger partial charge is 0.461 e. The molecule has 100 heavy (non-hydrogen) atoms. The maximum Gasteiger partial charge on any atom is 0.367 e. The number of carbonyl (C=O) groups is 8. The third kappa shape index (κ3) is 34.2. The molecule has 6 amide bonds. The SMILES string of the molecule is COCC(=O)NCCOCCOCCC(=O)NC(COCCC(=O)NCCOCCOCCNC(=O)c1cc(COC(C)=O)ccc1O[C@@H]1O[C@H](CO)[C@@H](O)[C@H](O)[C@H]1O)COCCC(=O)NCCOCCOCCNC(=O)c1cc(COC(=O)I)ccc1O[C@@H]1O[C@H](CO)[C@@H](O)[C@H](O)[C@H]1O. The average Bonchev–Trinajstić information content (AvgIpc) is 0.808. The van der Waals surface area contributed by atoms with Crippen LogP contribution in [-0.4, -0.2) is 319 Å². The highest BCUT2D eigenvalue weighted by Crippen LogP contribution is 2.30. The van der Waals surface area contributed by atoms with Crippen LogP contribution in [0.15, 0.2) is 36.4 Å². The number of benzene rings is 2. The first-order valence-electron chi connectivity index (χ1n) is 32.1. The van der Waals surface area contributed by atoms with Crippen LogP contribution in [0.4, 0.5) is 4.79 Å². The van der Waals surface area contributed by atoms with Crippen molar-refractivity contribution >= 4 is 68.0 Å². The number of halogens is 1. The second-order valence-corrected chi connectivity index (χ2v) is 22.8. The quantitative estimate of drug-likeness (QED) is 0.0128. The van der Waals surface area contributed by atoms with E-state index >= 15 is 0 Å². The van der Waals surface area contributed by atoms with Gasteiger partial charge in [-0.1, -0.05) is 12.1 Å². The molecule has 11 atom stereocenters. The number of carbonyl (C=O) groups excluding carboxylic acids is 8. The highest BCUT2D eigenvalue weighted by Gasteiger charge is 2.46. The van der Waals surface area contributed by atoms with E-state index in [-0.39, 0.29) is 224 Å². The summed E-state index contributed by atoms with van der Waals surface area (Å²) in [5.74, 6) is -3.34. The van der Waals surface area contributed by atoms with Crippen molar-refractivity contribution in [3.8, 4) is 11.5 Å². The van der Waals surface area contributed by atoms with Crippen molar-refractivity contribution in [2.24, 2.45) is 0 Å². The number of amides is 6. The number of hydrogen-bond donors (Lipinski definition) is 14. The molecule has 38 heteroatoms. The normalized spacial score (nSPS) is 20.7. The lowest BCUT2D eigenvalue weighted by atomic mass is 9.99. The van der Waals surface area contributed by atoms with E-state index in [1.807, 2.05) is 0 Å². The molecule has 2 aliphatic heterocycles. The van der Waals surface area contributed by atoms with E-state index in [0.29, 0.717) is 11.1 Å². The molecule has 566 valence electrons. The Morgan fingerprint density at radius 2 is 0.830 bits per heavy atom. The molecule has 2 heterocycles. The van der Waals surface area contributed by atoms with Crippen LogP contribution in [0.5, 0.6) is 11.5 Å². The van der Waals surface area contributed by atoms with Gasteiger partial charge in [-0.25, -0.2) is 4.79 Å². The van der Waals surface area contributed by atoms with Gasteiger partial charge in [0.1, 0.15) is 80.2 Å². The Morgan fingerprint density at radius 3 is 1.22 bits per heavy atom. The molecule has 0 aromatic heterocycles. The van der Waals surface area contributed by atoms with Gasteiger partial charge in [-0.3, -0.25) is 33.6 Å². The Balaban J connectivity index is 1.10. The number of methoxy groups -OCH3 is 1. The van der Waals surface area contributed by atoms with E-state index in [9.17, 15) is 79.2 Å². The fraction of sp³-hybridized carbons (Fsp3) is 0.677. The van der Waals surface area contributed by atoms with Gasteiger partial charge in [0.15, 0.2) is 0 Å². The van der Waals surface area contributed by atoms with Gasteiger partial charge in [0.25, 0.3) is 11.8 Å². The van der Waals surface area contributed by atoms with Gasteiger partial charge in [-0.2, -0.15) is 0 Å². The predicted octanol–water partition coefficient (Wildman–Crippen LogP) is -4.88.